The van der Waals surface area contributed by atoms with Crippen LogP contribution in [0.2, 0.25) is 0 Å². The highest BCUT2D eigenvalue weighted by Gasteiger charge is 2.23. The van der Waals surface area contributed by atoms with E-state index in [1.54, 1.807) is 0 Å². The molecule has 0 aromatic heterocycles. The zero-order valence-corrected chi connectivity index (χ0v) is 16.5. The van der Waals surface area contributed by atoms with Gasteiger partial charge in [0.1, 0.15) is 6.61 Å². The van der Waals surface area contributed by atoms with Gasteiger partial charge in [-0.05, 0) is 44.1 Å². The fourth-order valence-corrected chi connectivity index (χ4v) is 3.50. The average molecular weight is 412 g/mol. The fourth-order valence-electron chi connectivity index (χ4n) is 3.11. The van der Waals surface area contributed by atoms with Gasteiger partial charge < -0.3 is 14.8 Å². The molecule has 1 amide bonds. The number of halogens is 1. The molecule has 1 aliphatic carbocycles. The Bertz CT molecular complexity index is 475. The second-order valence-corrected chi connectivity index (χ2v) is 7.45. The highest BCUT2D eigenvalue weighted by Crippen LogP contribution is 2.21. The molecule has 2 rings (SSSR count). The van der Waals surface area contributed by atoms with Gasteiger partial charge in [0.25, 0.3) is 0 Å². The van der Waals surface area contributed by atoms with Crippen LogP contribution in [0.25, 0.3) is 0 Å². The van der Waals surface area contributed by atoms with E-state index in [1.165, 1.54) is 19.3 Å². The van der Waals surface area contributed by atoms with E-state index in [0.29, 0.717) is 12.7 Å². The lowest BCUT2D eigenvalue weighted by atomic mass is 9.93. The summed E-state index contributed by atoms with van der Waals surface area (Å²) < 4.78 is 11.3. The van der Waals surface area contributed by atoms with Gasteiger partial charge in [0.2, 0.25) is 0 Å². The van der Waals surface area contributed by atoms with Crippen molar-refractivity contribution in [2.45, 2.75) is 70.1 Å². The van der Waals surface area contributed by atoms with Gasteiger partial charge >= 0.3 is 6.09 Å². The number of rotatable bonds is 10. The Balaban J connectivity index is 1.52. The van der Waals surface area contributed by atoms with E-state index in [9.17, 15) is 4.79 Å². The Labute approximate surface area is 159 Å². The van der Waals surface area contributed by atoms with Gasteiger partial charge in [0, 0.05) is 18.0 Å². The van der Waals surface area contributed by atoms with Crippen molar-refractivity contribution < 1.29 is 14.3 Å². The van der Waals surface area contributed by atoms with Gasteiger partial charge in [0.15, 0.2) is 0 Å². The van der Waals surface area contributed by atoms with Crippen molar-refractivity contribution in [3.63, 3.8) is 0 Å². The summed E-state index contributed by atoms with van der Waals surface area (Å²) in [6.07, 6.45) is 8.93. The molecular formula is C20H30BrNO3. The number of ether oxygens (including phenoxy) is 2. The van der Waals surface area contributed by atoms with Crippen LogP contribution in [0, 0.1) is 0 Å². The first-order chi connectivity index (χ1) is 12.3. The summed E-state index contributed by atoms with van der Waals surface area (Å²) in [7, 11) is 0. The third-order valence-electron chi connectivity index (χ3n) is 4.59. The van der Waals surface area contributed by atoms with Crippen molar-refractivity contribution in [1.29, 1.82) is 0 Å². The number of carbonyl (C=O) groups is 1. The first-order valence-electron chi connectivity index (χ1n) is 9.42. The van der Waals surface area contributed by atoms with Crippen molar-refractivity contribution in [2.24, 2.45) is 0 Å². The maximum Gasteiger partial charge on any atom is 0.407 e. The lowest BCUT2D eigenvalue weighted by Crippen LogP contribution is -2.39. The van der Waals surface area contributed by atoms with Crippen LogP contribution in [0.3, 0.4) is 0 Å². The van der Waals surface area contributed by atoms with Gasteiger partial charge in [-0.1, -0.05) is 59.1 Å². The van der Waals surface area contributed by atoms with Crippen molar-refractivity contribution >= 4 is 22.0 Å². The molecule has 4 nitrogen and oxygen atoms in total. The number of unbranched alkanes of at least 4 members (excludes halogenated alkanes) is 3. The normalized spacial score (nSPS) is 20.2. The Morgan fingerprint density at radius 3 is 2.48 bits per heavy atom. The minimum atomic E-state index is -0.319. The highest BCUT2D eigenvalue weighted by molar-refractivity contribution is 9.09. The summed E-state index contributed by atoms with van der Waals surface area (Å²) in [6, 6.07) is 9.96. The topological polar surface area (TPSA) is 47.6 Å². The summed E-state index contributed by atoms with van der Waals surface area (Å²) in [5.74, 6) is 0. The van der Waals surface area contributed by atoms with E-state index in [4.69, 9.17) is 9.47 Å². The van der Waals surface area contributed by atoms with Crippen molar-refractivity contribution in [3.05, 3.63) is 35.9 Å². The smallest absolute Gasteiger partial charge is 0.407 e. The Hall–Kier alpha value is -1.07. The van der Waals surface area contributed by atoms with Gasteiger partial charge in [-0.15, -0.1) is 0 Å². The van der Waals surface area contributed by atoms with E-state index < -0.39 is 0 Å². The molecule has 0 atom stereocenters. The molecule has 1 N–H and O–H groups in total. The number of alkyl carbamates (subject to hydrolysis) is 1. The summed E-state index contributed by atoms with van der Waals surface area (Å²) in [4.78, 5) is 11.9. The second kappa shape index (κ2) is 12.3. The van der Waals surface area contributed by atoms with Crippen LogP contribution >= 0.6 is 15.9 Å². The van der Waals surface area contributed by atoms with Crippen LogP contribution in [-0.2, 0) is 16.1 Å². The molecule has 1 aliphatic rings. The largest absolute Gasteiger partial charge is 0.445 e. The summed E-state index contributed by atoms with van der Waals surface area (Å²) in [5.41, 5.74) is 1.01. The van der Waals surface area contributed by atoms with Crippen molar-refractivity contribution in [3.8, 4) is 0 Å². The highest BCUT2D eigenvalue weighted by atomic mass is 79.9. The number of alkyl halides is 1. The van der Waals surface area contributed by atoms with E-state index in [2.05, 4.69) is 21.2 Å². The molecule has 140 valence electrons. The molecule has 0 bridgehead atoms. The molecule has 5 heteroatoms. The van der Waals surface area contributed by atoms with Gasteiger partial charge in [-0.3, -0.25) is 0 Å². The zero-order valence-electron chi connectivity index (χ0n) is 14.9. The van der Waals surface area contributed by atoms with Crippen molar-refractivity contribution in [1.82, 2.24) is 5.32 Å². The maximum absolute atomic E-state index is 11.9. The molecule has 0 unspecified atom stereocenters. The van der Waals surface area contributed by atoms with E-state index in [-0.39, 0.29) is 12.1 Å². The average Bonchev–Trinajstić information content (AvgIpc) is 2.65. The SMILES string of the molecule is O=C(N[C@H]1CC[C@H](OCCCCCCBr)CC1)OCc1ccccc1. The van der Waals surface area contributed by atoms with Crippen molar-refractivity contribution in [2.75, 3.05) is 11.9 Å². The molecule has 1 aromatic carbocycles. The summed E-state index contributed by atoms with van der Waals surface area (Å²) in [6.45, 7) is 1.18. The molecule has 0 spiro atoms. The third kappa shape index (κ3) is 8.73. The number of hydrogen-bond acceptors (Lipinski definition) is 3. The van der Waals surface area contributed by atoms with Crippen LogP contribution < -0.4 is 5.32 Å². The molecule has 0 aliphatic heterocycles. The fraction of sp³-hybridized carbons (Fsp3) is 0.650. The minimum absolute atomic E-state index is 0.210. The maximum atomic E-state index is 11.9. The van der Waals surface area contributed by atoms with E-state index in [0.717, 1.165) is 49.6 Å². The summed E-state index contributed by atoms with van der Waals surface area (Å²) >= 11 is 3.46. The molecule has 0 saturated heterocycles. The Kier molecular flexibility index (Phi) is 9.97. The second-order valence-electron chi connectivity index (χ2n) is 6.65. The van der Waals surface area contributed by atoms with Gasteiger partial charge in [-0.2, -0.15) is 0 Å². The number of nitrogens with one attached hydrogen (secondary N) is 1. The lowest BCUT2D eigenvalue weighted by molar-refractivity contribution is 0.0200. The predicted molar refractivity (Wildman–Crippen MR) is 104 cm³/mol. The minimum Gasteiger partial charge on any atom is -0.445 e. The van der Waals surface area contributed by atoms with Crippen LogP contribution in [0.5, 0.6) is 0 Å². The third-order valence-corrected chi connectivity index (χ3v) is 5.15. The number of benzene rings is 1. The quantitative estimate of drug-likeness (QED) is 0.425. The molecule has 1 aromatic rings. The molecule has 0 heterocycles. The summed E-state index contributed by atoms with van der Waals surface area (Å²) in [5, 5.41) is 4.07. The first kappa shape index (κ1) is 20.2. The van der Waals surface area contributed by atoms with E-state index in [1.807, 2.05) is 30.3 Å². The van der Waals surface area contributed by atoms with E-state index >= 15 is 0 Å². The molecular weight excluding hydrogens is 382 g/mol. The molecule has 1 fully saturated rings. The van der Waals surface area contributed by atoms with Crippen LogP contribution in [0.4, 0.5) is 4.79 Å². The van der Waals surface area contributed by atoms with Gasteiger partial charge in [-0.25, -0.2) is 4.79 Å². The lowest BCUT2D eigenvalue weighted by Gasteiger charge is -2.28. The van der Waals surface area contributed by atoms with Crippen LogP contribution in [0.15, 0.2) is 30.3 Å². The molecule has 0 radical (unpaired) electrons. The molecule has 25 heavy (non-hydrogen) atoms. The number of hydrogen-bond donors (Lipinski definition) is 1. The van der Waals surface area contributed by atoms with Crippen LogP contribution in [0.1, 0.15) is 56.9 Å². The standard InChI is InChI=1S/C20H30BrNO3/c21-14-6-1-2-7-15-24-19-12-10-18(11-13-19)22-20(23)25-16-17-8-4-3-5-9-17/h3-5,8-9,18-19H,1-2,6-7,10-16H2,(H,22,23)/t18-,19-. The Morgan fingerprint density at radius 2 is 1.76 bits per heavy atom. The number of amides is 1. The molecule has 1 saturated carbocycles. The first-order valence-corrected chi connectivity index (χ1v) is 10.5. The monoisotopic (exact) mass is 411 g/mol. The number of carbonyl (C=O) groups excluding carboxylic acids is 1. The Morgan fingerprint density at radius 1 is 1.04 bits per heavy atom. The predicted octanol–water partition coefficient (Wildman–Crippen LogP) is 5.20. The van der Waals surface area contributed by atoms with Crippen LogP contribution in [-0.4, -0.2) is 30.2 Å². The van der Waals surface area contributed by atoms with Gasteiger partial charge in [0.05, 0.1) is 6.10 Å². The zero-order chi connectivity index (χ0) is 17.7.